The van der Waals surface area contributed by atoms with Crippen LogP contribution in [0.3, 0.4) is 0 Å². The fourth-order valence-corrected chi connectivity index (χ4v) is 2.35. The van der Waals surface area contributed by atoms with Crippen LogP contribution in [0.5, 0.6) is 0 Å². The molecule has 0 saturated heterocycles. The van der Waals surface area contributed by atoms with Gasteiger partial charge in [-0.05, 0) is 32.1 Å². The molecule has 1 fully saturated rings. The van der Waals surface area contributed by atoms with Gasteiger partial charge in [-0.15, -0.1) is 0 Å². The molecule has 86 valence electrons. The molecule has 0 aliphatic heterocycles. The van der Waals surface area contributed by atoms with Gasteiger partial charge in [-0.25, -0.2) is 0 Å². The van der Waals surface area contributed by atoms with Crippen LogP contribution in [0.15, 0.2) is 23.3 Å². The normalized spacial score (nSPS) is 32.1. The summed E-state index contributed by atoms with van der Waals surface area (Å²) in [5.41, 5.74) is 4.94. The second-order valence-corrected chi connectivity index (χ2v) is 5.62. The summed E-state index contributed by atoms with van der Waals surface area (Å²) >= 11 is 0. The van der Waals surface area contributed by atoms with Crippen LogP contribution < -0.4 is 0 Å². The maximum atomic E-state index is 4.11. The zero-order chi connectivity index (χ0) is 11.8. The first-order chi connectivity index (χ1) is 6.84. The Morgan fingerprint density at radius 1 is 1.40 bits per heavy atom. The average molecular weight is 206 g/mol. The molecule has 1 aliphatic carbocycles. The number of rotatable bonds is 4. The second-order valence-electron chi connectivity index (χ2n) is 5.62. The van der Waals surface area contributed by atoms with Crippen LogP contribution in [0, 0.1) is 17.3 Å². The van der Waals surface area contributed by atoms with Gasteiger partial charge >= 0.3 is 0 Å². The van der Waals surface area contributed by atoms with Crippen LogP contribution in [0.2, 0.25) is 0 Å². The Morgan fingerprint density at radius 3 is 2.27 bits per heavy atom. The van der Waals surface area contributed by atoms with E-state index in [1.807, 2.05) is 0 Å². The van der Waals surface area contributed by atoms with Gasteiger partial charge in [-0.1, -0.05) is 57.4 Å². The monoisotopic (exact) mass is 206 g/mol. The summed E-state index contributed by atoms with van der Waals surface area (Å²) in [7, 11) is 0. The van der Waals surface area contributed by atoms with E-state index in [-0.39, 0.29) is 0 Å². The Hall–Kier alpha value is -0.520. The smallest absolute Gasteiger partial charge is 0.0127 e. The van der Waals surface area contributed by atoms with E-state index >= 15 is 0 Å². The van der Waals surface area contributed by atoms with Crippen molar-refractivity contribution in [3.05, 3.63) is 23.3 Å². The van der Waals surface area contributed by atoms with Crippen molar-refractivity contribution in [2.75, 3.05) is 0 Å². The van der Waals surface area contributed by atoms with Gasteiger partial charge in [0.15, 0.2) is 0 Å². The first kappa shape index (κ1) is 12.5. The van der Waals surface area contributed by atoms with E-state index < -0.39 is 0 Å². The lowest BCUT2D eigenvalue weighted by Crippen LogP contribution is -2.09. The molecule has 0 heterocycles. The molecule has 15 heavy (non-hydrogen) atoms. The van der Waals surface area contributed by atoms with Gasteiger partial charge in [0.2, 0.25) is 0 Å². The molecule has 0 aromatic heterocycles. The molecular weight excluding hydrogens is 180 g/mol. The van der Waals surface area contributed by atoms with Crippen molar-refractivity contribution in [3.8, 4) is 0 Å². The first-order valence-electron chi connectivity index (χ1n) is 6.20. The maximum absolute atomic E-state index is 4.11. The van der Waals surface area contributed by atoms with Crippen molar-refractivity contribution >= 4 is 0 Å². The maximum Gasteiger partial charge on any atom is 0.0127 e. The molecule has 1 saturated carbocycles. The molecule has 0 bridgehead atoms. The Labute approximate surface area is 95.5 Å². The zero-order valence-electron chi connectivity index (χ0n) is 11.3. The third-order valence-corrected chi connectivity index (χ3v) is 4.67. The highest BCUT2D eigenvalue weighted by Crippen LogP contribution is 2.58. The lowest BCUT2D eigenvalue weighted by Gasteiger charge is -2.20. The predicted octanol–water partition coefficient (Wildman–Crippen LogP) is 4.97. The summed E-state index contributed by atoms with van der Waals surface area (Å²) in [6.45, 7) is 17.9. The SMILES string of the molecule is C=C(C)C1(C)CC1=C(C)C(C)C(C)CC. The fraction of sp³-hybridized carbons (Fsp3) is 0.733. The van der Waals surface area contributed by atoms with Crippen molar-refractivity contribution in [1.29, 1.82) is 0 Å². The van der Waals surface area contributed by atoms with Crippen molar-refractivity contribution in [2.45, 2.75) is 54.4 Å². The van der Waals surface area contributed by atoms with Crippen molar-refractivity contribution in [3.63, 3.8) is 0 Å². The van der Waals surface area contributed by atoms with Gasteiger partial charge in [0.05, 0.1) is 0 Å². The summed E-state index contributed by atoms with van der Waals surface area (Å²) in [5.74, 6) is 1.53. The van der Waals surface area contributed by atoms with Gasteiger partial charge < -0.3 is 0 Å². The molecule has 0 amide bonds. The molecule has 0 aromatic carbocycles. The van der Waals surface area contributed by atoms with Crippen molar-refractivity contribution < 1.29 is 0 Å². The molecule has 1 rings (SSSR count). The summed E-state index contributed by atoms with van der Waals surface area (Å²) in [4.78, 5) is 0. The number of allylic oxidation sites excluding steroid dienone is 3. The van der Waals surface area contributed by atoms with Crippen LogP contribution in [0.4, 0.5) is 0 Å². The molecular formula is C15H26. The summed E-state index contributed by atoms with van der Waals surface area (Å²) in [6.07, 6.45) is 2.52. The first-order valence-corrected chi connectivity index (χ1v) is 6.20. The summed E-state index contributed by atoms with van der Waals surface area (Å²) in [6, 6.07) is 0. The molecule has 0 heteroatoms. The minimum absolute atomic E-state index is 0.339. The van der Waals surface area contributed by atoms with Crippen LogP contribution in [0.1, 0.15) is 54.4 Å². The zero-order valence-corrected chi connectivity index (χ0v) is 11.3. The van der Waals surface area contributed by atoms with Gasteiger partial charge in [0.1, 0.15) is 0 Å². The molecule has 3 atom stereocenters. The predicted molar refractivity (Wildman–Crippen MR) is 68.9 cm³/mol. The highest BCUT2D eigenvalue weighted by atomic mass is 14.5. The summed E-state index contributed by atoms with van der Waals surface area (Å²) in [5, 5.41) is 0. The van der Waals surface area contributed by atoms with E-state index in [2.05, 4.69) is 48.1 Å². The van der Waals surface area contributed by atoms with Crippen LogP contribution in [0.25, 0.3) is 0 Å². The molecule has 0 N–H and O–H groups in total. The third-order valence-electron chi connectivity index (χ3n) is 4.67. The lowest BCUT2D eigenvalue weighted by molar-refractivity contribution is 0.425. The Kier molecular flexibility index (Phi) is 3.48. The Bertz CT molecular complexity index is 295. The fourth-order valence-electron chi connectivity index (χ4n) is 2.35. The quantitative estimate of drug-likeness (QED) is 0.570. The van der Waals surface area contributed by atoms with Gasteiger partial charge in [0, 0.05) is 5.41 Å². The van der Waals surface area contributed by atoms with Crippen LogP contribution >= 0.6 is 0 Å². The van der Waals surface area contributed by atoms with E-state index in [4.69, 9.17) is 0 Å². The van der Waals surface area contributed by atoms with E-state index in [1.54, 1.807) is 11.1 Å². The minimum atomic E-state index is 0.339. The van der Waals surface area contributed by atoms with Crippen LogP contribution in [-0.4, -0.2) is 0 Å². The largest absolute Gasteiger partial charge is 0.0993 e. The Balaban J connectivity index is 2.83. The van der Waals surface area contributed by atoms with E-state index in [1.165, 1.54) is 18.4 Å². The van der Waals surface area contributed by atoms with E-state index in [0.29, 0.717) is 5.41 Å². The minimum Gasteiger partial charge on any atom is -0.0993 e. The average Bonchev–Trinajstić information content (AvgIpc) is 2.89. The number of hydrogen-bond donors (Lipinski definition) is 0. The van der Waals surface area contributed by atoms with Crippen LogP contribution in [-0.2, 0) is 0 Å². The highest BCUT2D eigenvalue weighted by molar-refractivity contribution is 5.44. The highest BCUT2D eigenvalue weighted by Gasteiger charge is 2.46. The van der Waals surface area contributed by atoms with E-state index in [9.17, 15) is 0 Å². The van der Waals surface area contributed by atoms with Gasteiger partial charge in [-0.3, -0.25) is 0 Å². The summed E-state index contributed by atoms with van der Waals surface area (Å²) < 4.78 is 0. The van der Waals surface area contributed by atoms with Gasteiger partial charge in [-0.2, -0.15) is 0 Å². The van der Waals surface area contributed by atoms with E-state index in [0.717, 1.165) is 11.8 Å². The van der Waals surface area contributed by atoms with Crippen molar-refractivity contribution in [1.82, 2.24) is 0 Å². The Morgan fingerprint density at radius 2 is 1.93 bits per heavy atom. The lowest BCUT2D eigenvalue weighted by atomic mass is 9.85. The van der Waals surface area contributed by atoms with Gasteiger partial charge in [0.25, 0.3) is 0 Å². The standard InChI is InChI=1S/C15H26/c1-8-11(4)12(5)13(6)14-9-15(14,7)10(2)3/h11-12H,2,8-9H2,1,3-7H3. The molecule has 3 unspecified atom stereocenters. The third kappa shape index (κ3) is 2.19. The topological polar surface area (TPSA) is 0 Å². The van der Waals surface area contributed by atoms with Crippen molar-refractivity contribution in [2.24, 2.45) is 17.3 Å². The molecule has 0 radical (unpaired) electrons. The molecule has 0 aromatic rings. The molecule has 0 nitrogen and oxygen atoms in total. The molecule has 0 spiro atoms. The molecule has 1 aliphatic rings. The second kappa shape index (κ2) is 4.15. The number of hydrogen-bond acceptors (Lipinski definition) is 0.